The first-order valence-corrected chi connectivity index (χ1v) is 5.36. The number of rotatable bonds is 6. The van der Waals surface area contributed by atoms with E-state index < -0.39 is 0 Å². The normalized spacial score (nSPS) is 16.0. The van der Waals surface area contributed by atoms with Crippen LogP contribution in [0.25, 0.3) is 0 Å². The molecule has 0 aromatic heterocycles. The van der Waals surface area contributed by atoms with Gasteiger partial charge in [0.05, 0.1) is 6.10 Å². The van der Waals surface area contributed by atoms with Crippen molar-refractivity contribution in [3.8, 4) is 0 Å². The molecule has 0 aliphatic rings. The van der Waals surface area contributed by atoms with Gasteiger partial charge >= 0.3 is 0 Å². The van der Waals surface area contributed by atoms with Crippen LogP contribution in [0.4, 0.5) is 0 Å². The Morgan fingerprint density at radius 1 is 1.14 bits per heavy atom. The van der Waals surface area contributed by atoms with Crippen LogP contribution < -0.4 is 0 Å². The van der Waals surface area contributed by atoms with E-state index in [9.17, 15) is 10.2 Å². The molecule has 0 bridgehead atoms. The van der Waals surface area contributed by atoms with Crippen molar-refractivity contribution in [2.75, 3.05) is 6.61 Å². The summed E-state index contributed by atoms with van der Waals surface area (Å²) in [6.45, 7) is 12.2. The first-order chi connectivity index (χ1) is 6.40. The summed E-state index contributed by atoms with van der Waals surface area (Å²) in [5.41, 5.74) is 0.962. The van der Waals surface area contributed by atoms with Gasteiger partial charge in [0.2, 0.25) is 0 Å². The third-order valence-corrected chi connectivity index (χ3v) is 2.77. The number of aliphatic hydroxyl groups is 2. The van der Waals surface area contributed by atoms with Crippen LogP contribution in [0.2, 0.25) is 0 Å². The second kappa shape index (κ2) is 6.20. The molecule has 0 radical (unpaired) electrons. The van der Waals surface area contributed by atoms with Crippen LogP contribution in [0.1, 0.15) is 34.1 Å². The standard InChI is InChI=1S/C12H24O2/c1-8(2)11(7-13)10(5)6-12(14)9(3)4/h8-9,11-14H,5-7H2,1-4H3/t11-,12-/m0/s1. The second-order valence-corrected chi connectivity index (χ2v) is 4.71. The summed E-state index contributed by atoms with van der Waals surface area (Å²) in [6, 6.07) is 0. The SMILES string of the molecule is C=C(C[C@H](O)C(C)C)[C@@H](CO)C(C)C. The van der Waals surface area contributed by atoms with E-state index in [4.69, 9.17) is 0 Å². The minimum atomic E-state index is -0.338. The van der Waals surface area contributed by atoms with Crippen molar-refractivity contribution in [2.45, 2.75) is 40.2 Å². The Kier molecular flexibility index (Phi) is 6.05. The van der Waals surface area contributed by atoms with E-state index in [2.05, 4.69) is 20.4 Å². The lowest BCUT2D eigenvalue weighted by atomic mass is 9.85. The van der Waals surface area contributed by atoms with E-state index in [1.807, 2.05) is 13.8 Å². The molecule has 0 aliphatic carbocycles. The van der Waals surface area contributed by atoms with Gasteiger partial charge in [0.15, 0.2) is 0 Å². The number of hydrogen-bond acceptors (Lipinski definition) is 2. The Bertz CT molecular complexity index is 173. The summed E-state index contributed by atoms with van der Waals surface area (Å²) >= 11 is 0. The zero-order valence-corrected chi connectivity index (χ0v) is 9.83. The third kappa shape index (κ3) is 4.25. The lowest BCUT2D eigenvalue weighted by molar-refractivity contribution is 0.117. The summed E-state index contributed by atoms with van der Waals surface area (Å²) < 4.78 is 0. The Hall–Kier alpha value is -0.340. The molecule has 2 atom stereocenters. The fourth-order valence-electron chi connectivity index (χ4n) is 1.47. The maximum atomic E-state index is 9.68. The molecule has 0 heterocycles. The molecule has 14 heavy (non-hydrogen) atoms. The third-order valence-electron chi connectivity index (χ3n) is 2.77. The van der Waals surface area contributed by atoms with Crippen LogP contribution in [0.15, 0.2) is 12.2 Å². The van der Waals surface area contributed by atoms with Crippen molar-refractivity contribution in [1.29, 1.82) is 0 Å². The molecule has 0 saturated heterocycles. The van der Waals surface area contributed by atoms with Gasteiger partial charge in [-0.05, 0) is 18.3 Å². The minimum absolute atomic E-state index is 0.114. The first-order valence-electron chi connectivity index (χ1n) is 5.36. The molecular weight excluding hydrogens is 176 g/mol. The van der Waals surface area contributed by atoms with Crippen molar-refractivity contribution in [1.82, 2.24) is 0 Å². The molecule has 0 amide bonds. The van der Waals surface area contributed by atoms with Crippen LogP contribution in [0.3, 0.4) is 0 Å². The summed E-state index contributed by atoms with van der Waals surface area (Å²) in [5.74, 6) is 0.744. The molecule has 2 heteroatoms. The molecule has 2 N–H and O–H groups in total. The molecule has 0 aromatic rings. The van der Waals surface area contributed by atoms with E-state index in [0.29, 0.717) is 12.3 Å². The van der Waals surface area contributed by atoms with Gasteiger partial charge in [0.1, 0.15) is 0 Å². The topological polar surface area (TPSA) is 40.5 Å². The van der Waals surface area contributed by atoms with Crippen LogP contribution >= 0.6 is 0 Å². The first kappa shape index (κ1) is 13.7. The van der Waals surface area contributed by atoms with Crippen LogP contribution in [0.5, 0.6) is 0 Å². The quantitative estimate of drug-likeness (QED) is 0.645. The Morgan fingerprint density at radius 3 is 1.93 bits per heavy atom. The average molecular weight is 200 g/mol. The summed E-state index contributed by atoms with van der Waals surface area (Å²) in [5, 5.41) is 18.9. The largest absolute Gasteiger partial charge is 0.396 e. The van der Waals surface area contributed by atoms with Gasteiger partial charge in [-0.2, -0.15) is 0 Å². The van der Waals surface area contributed by atoms with Crippen molar-refractivity contribution in [2.24, 2.45) is 17.8 Å². The highest BCUT2D eigenvalue weighted by molar-refractivity contribution is 5.03. The predicted octanol–water partition coefficient (Wildman–Crippen LogP) is 2.21. The lowest BCUT2D eigenvalue weighted by Crippen LogP contribution is -2.22. The molecule has 0 fully saturated rings. The zero-order valence-electron chi connectivity index (χ0n) is 9.83. The van der Waals surface area contributed by atoms with Crippen molar-refractivity contribution >= 4 is 0 Å². The van der Waals surface area contributed by atoms with Gasteiger partial charge in [-0.15, -0.1) is 0 Å². The molecule has 0 spiro atoms. The van der Waals surface area contributed by atoms with Crippen molar-refractivity contribution in [3.63, 3.8) is 0 Å². The lowest BCUT2D eigenvalue weighted by Gasteiger charge is -2.24. The maximum absolute atomic E-state index is 9.68. The maximum Gasteiger partial charge on any atom is 0.0600 e. The molecule has 0 aliphatic heterocycles. The zero-order chi connectivity index (χ0) is 11.3. The van der Waals surface area contributed by atoms with E-state index in [1.54, 1.807) is 0 Å². The van der Waals surface area contributed by atoms with E-state index in [0.717, 1.165) is 5.57 Å². The smallest absolute Gasteiger partial charge is 0.0600 e. The minimum Gasteiger partial charge on any atom is -0.396 e. The summed E-state index contributed by atoms with van der Waals surface area (Å²) in [6.07, 6.45) is 0.261. The van der Waals surface area contributed by atoms with Crippen molar-refractivity contribution < 1.29 is 10.2 Å². The van der Waals surface area contributed by atoms with Gasteiger partial charge in [0, 0.05) is 12.5 Å². The van der Waals surface area contributed by atoms with E-state index >= 15 is 0 Å². The van der Waals surface area contributed by atoms with Gasteiger partial charge in [-0.25, -0.2) is 0 Å². The molecule has 0 unspecified atom stereocenters. The van der Waals surface area contributed by atoms with Crippen LogP contribution in [-0.4, -0.2) is 22.9 Å². The highest BCUT2D eigenvalue weighted by Crippen LogP contribution is 2.24. The van der Waals surface area contributed by atoms with Gasteiger partial charge in [-0.1, -0.05) is 39.8 Å². The highest BCUT2D eigenvalue weighted by atomic mass is 16.3. The molecule has 84 valence electrons. The van der Waals surface area contributed by atoms with Gasteiger partial charge < -0.3 is 10.2 Å². The monoisotopic (exact) mass is 200 g/mol. The van der Waals surface area contributed by atoms with Crippen LogP contribution in [0, 0.1) is 17.8 Å². The highest BCUT2D eigenvalue weighted by Gasteiger charge is 2.19. The summed E-state index contributed by atoms with van der Waals surface area (Å²) in [4.78, 5) is 0. The molecule has 0 aromatic carbocycles. The Morgan fingerprint density at radius 2 is 1.64 bits per heavy atom. The molecular formula is C12H24O2. The summed E-state index contributed by atoms with van der Waals surface area (Å²) in [7, 11) is 0. The second-order valence-electron chi connectivity index (χ2n) is 4.71. The average Bonchev–Trinajstić information content (AvgIpc) is 2.04. The fourth-order valence-corrected chi connectivity index (χ4v) is 1.47. The van der Waals surface area contributed by atoms with E-state index in [1.165, 1.54) is 0 Å². The number of hydrogen-bond donors (Lipinski definition) is 2. The molecule has 0 saturated carbocycles. The molecule has 0 rings (SSSR count). The van der Waals surface area contributed by atoms with Gasteiger partial charge in [-0.3, -0.25) is 0 Å². The van der Waals surface area contributed by atoms with Crippen molar-refractivity contribution in [3.05, 3.63) is 12.2 Å². The molecule has 2 nitrogen and oxygen atoms in total. The number of aliphatic hydroxyl groups excluding tert-OH is 2. The van der Waals surface area contributed by atoms with Gasteiger partial charge in [0.25, 0.3) is 0 Å². The van der Waals surface area contributed by atoms with E-state index in [-0.39, 0.29) is 24.5 Å². The van der Waals surface area contributed by atoms with Crippen LogP contribution in [-0.2, 0) is 0 Å². The Labute approximate surface area is 87.7 Å². The predicted molar refractivity (Wildman–Crippen MR) is 60.0 cm³/mol. The Balaban J connectivity index is 4.18. The fraction of sp³-hybridized carbons (Fsp3) is 0.833.